The number of benzene rings is 2. The third kappa shape index (κ3) is 3.78. The normalized spacial score (nSPS) is 13.3. The molecule has 2 aromatic carbocycles. The molecule has 4 aromatic rings. The van der Waals surface area contributed by atoms with Crippen molar-refractivity contribution >= 4 is 38.3 Å². The van der Waals surface area contributed by atoms with E-state index in [4.69, 9.17) is 0 Å². The van der Waals surface area contributed by atoms with Gasteiger partial charge in [-0.1, -0.05) is 0 Å². The zero-order valence-electron chi connectivity index (χ0n) is 17.5. The van der Waals surface area contributed by atoms with Crippen LogP contribution in [0.25, 0.3) is 16.7 Å². The summed E-state index contributed by atoms with van der Waals surface area (Å²) in [6, 6.07) is 15.2. The summed E-state index contributed by atoms with van der Waals surface area (Å²) in [6.07, 6.45) is 1.72. The van der Waals surface area contributed by atoms with E-state index in [1.165, 1.54) is 45.5 Å². The number of nitrogens with zero attached hydrogens (tertiary/aromatic N) is 2. The van der Waals surface area contributed by atoms with Crippen molar-refractivity contribution in [3.63, 3.8) is 0 Å². The molecule has 0 atom stereocenters. The van der Waals surface area contributed by atoms with Crippen LogP contribution in [-0.4, -0.2) is 36.7 Å². The second kappa shape index (κ2) is 7.59. The van der Waals surface area contributed by atoms with Crippen LogP contribution in [0.5, 0.6) is 0 Å². The minimum atomic E-state index is -3.35. The first-order valence-electron chi connectivity index (χ1n) is 10.1. The highest BCUT2D eigenvalue weighted by Gasteiger charge is 2.26. The van der Waals surface area contributed by atoms with Gasteiger partial charge in [0.25, 0.3) is 11.5 Å². The number of carbonyl (C=O) groups excluding carboxylic acids is 1. The molecule has 33 heavy (non-hydrogen) atoms. The van der Waals surface area contributed by atoms with Crippen LogP contribution in [0.4, 0.5) is 15.8 Å². The second-order valence-electron chi connectivity index (χ2n) is 7.85. The highest BCUT2D eigenvalue weighted by molar-refractivity contribution is 7.92. The molecular weight excluding hydrogens is 447 g/mol. The molecule has 1 amide bonds. The summed E-state index contributed by atoms with van der Waals surface area (Å²) in [4.78, 5) is 28.4. The van der Waals surface area contributed by atoms with Gasteiger partial charge in [-0.15, -0.1) is 0 Å². The van der Waals surface area contributed by atoms with Crippen molar-refractivity contribution in [3.05, 3.63) is 88.1 Å². The summed E-state index contributed by atoms with van der Waals surface area (Å²) in [5.41, 5.74) is 2.78. The maximum atomic E-state index is 13.3. The fraction of sp³-hybridized carbons (Fsp3) is 0.130. The monoisotopic (exact) mass is 466 g/mol. The van der Waals surface area contributed by atoms with E-state index >= 15 is 0 Å². The van der Waals surface area contributed by atoms with Gasteiger partial charge >= 0.3 is 0 Å². The predicted octanol–water partition coefficient (Wildman–Crippen LogP) is 3.03. The molecule has 2 N–H and O–H groups in total. The average molecular weight is 466 g/mol. The number of fused-ring (bicyclic) bond motifs is 2. The molecule has 1 aliphatic heterocycles. The maximum absolute atomic E-state index is 13.3. The molecule has 8 nitrogen and oxygen atoms in total. The number of H-pyrrole nitrogens is 1. The van der Waals surface area contributed by atoms with E-state index in [9.17, 15) is 22.4 Å². The average Bonchev–Trinajstić information content (AvgIpc) is 3.38. The Morgan fingerprint density at radius 1 is 1.06 bits per heavy atom. The summed E-state index contributed by atoms with van der Waals surface area (Å²) in [5.74, 6) is -0.832. The number of nitrogens with one attached hydrogen (secondary N) is 2. The minimum absolute atomic E-state index is 0.240. The number of halogens is 1. The van der Waals surface area contributed by atoms with Gasteiger partial charge in [0.1, 0.15) is 17.2 Å². The number of pyridine rings is 1. The van der Waals surface area contributed by atoms with E-state index in [0.717, 1.165) is 5.56 Å². The van der Waals surface area contributed by atoms with Crippen LogP contribution in [0.1, 0.15) is 16.1 Å². The topological polar surface area (TPSA) is 104 Å². The van der Waals surface area contributed by atoms with Gasteiger partial charge in [-0.25, -0.2) is 12.8 Å². The fourth-order valence-electron chi connectivity index (χ4n) is 4.08. The molecule has 0 fully saturated rings. The molecule has 10 heteroatoms. The van der Waals surface area contributed by atoms with E-state index in [2.05, 4.69) is 10.3 Å². The quantitative estimate of drug-likeness (QED) is 0.482. The zero-order chi connectivity index (χ0) is 23.3. The van der Waals surface area contributed by atoms with Gasteiger partial charge in [0, 0.05) is 23.7 Å². The Hall–Kier alpha value is -3.92. The Kier molecular flexibility index (Phi) is 4.82. The molecule has 0 saturated carbocycles. The van der Waals surface area contributed by atoms with Crippen molar-refractivity contribution in [2.24, 2.45) is 0 Å². The maximum Gasteiger partial charge on any atom is 0.272 e. The van der Waals surface area contributed by atoms with Crippen LogP contribution in [0, 0.1) is 5.82 Å². The summed E-state index contributed by atoms with van der Waals surface area (Å²) in [5, 5.41) is 3.45. The fourth-order valence-corrected chi connectivity index (χ4v) is 5.04. The lowest BCUT2D eigenvalue weighted by molar-refractivity contribution is 0.102. The molecule has 0 spiro atoms. The van der Waals surface area contributed by atoms with Crippen molar-refractivity contribution in [2.45, 2.75) is 6.42 Å². The number of sulfonamides is 1. The Morgan fingerprint density at radius 3 is 2.55 bits per heavy atom. The summed E-state index contributed by atoms with van der Waals surface area (Å²) in [6.45, 7) is 0.370. The number of hydrogen-bond acceptors (Lipinski definition) is 4. The molecule has 3 heterocycles. The number of carbonyl (C=O) groups is 1. The molecule has 1 aliphatic rings. The van der Waals surface area contributed by atoms with Crippen LogP contribution in [0.3, 0.4) is 0 Å². The van der Waals surface area contributed by atoms with Crippen molar-refractivity contribution in [3.8, 4) is 5.69 Å². The molecule has 0 saturated heterocycles. The number of amides is 1. The van der Waals surface area contributed by atoms with E-state index in [-0.39, 0.29) is 11.3 Å². The van der Waals surface area contributed by atoms with Crippen molar-refractivity contribution in [1.29, 1.82) is 0 Å². The Morgan fingerprint density at radius 2 is 1.82 bits per heavy atom. The molecular formula is C23H19FN4O4S. The first-order valence-corrected chi connectivity index (χ1v) is 12.0. The van der Waals surface area contributed by atoms with Crippen LogP contribution in [0.2, 0.25) is 0 Å². The number of anilines is 2. The van der Waals surface area contributed by atoms with Gasteiger partial charge in [-0.05, 0) is 66.6 Å². The number of hydrogen-bond donors (Lipinski definition) is 2. The smallest absolute Gasteiger partial charge is 0.272 e. The molecule has 0 aliphatic carbocycles. The van der Waals surface area contributed by atoms with Gasteiger partial charge < -0.3 is 10.3 Å². The van der Waals surface area contributed by atoms with E-state index in [1.807, 2.05) is 0 Å². The van der Waals surface area contributed by atoms with E-state index in [0.29, 0.717) is 41.1 Å². The largest absolute Gasteiger partial charge is 0.336 e. The summed E-state index contributed by atoms with van der Waals surface area (Å²) in [7, 11) is -3.35. The Balaban J connectivity index is 1.46. The third-order valence-corrected chi connectivity index (χ3v) is 6.78. The predicted molar refractivity (Wildman–Crippen MR) is 124 cm³/mol. The van der Waals surface area contributed by atoms with Gasteiger partial charge in [-0.2, -0.15) is 0 Å². The standard InChI is InChI=1S/C23H19FN4O4S/c1-33(31,32)27-11-10-14-12-17(5-8-20(14)27)25-23(30)19-13-15-2-9-21(29)28(22(15)26-19)18-6-3-16(24)4-7-18/h2-9,12-13,26H,10-11H2,1H3,(H,25,30). The highest BCUT2D eigenvalue weighted by atomic mass is 32.2. The van der Waals surface area contributed by atoms with Crippen LogP contribution < -0.4 is 15.2 Å². The zero-order valence-corrected chi connectivity index (χ0v) is 18.3. The molecule has 2 aromatic heterocycles. The first-order chi connectivity index (χ1) is 15.7. The Bertz CT molecular complexity index is 1570. The lowest BCUT2D eigenvalue weighted by Gasteiger charge is -2.16. The minimum Gasteiger partial charge on any atom is -0.336 e. The van der Waals surface area contributed by atoms with E-state index in [1.54, 1.807) is 30.3 Å². The van der Waals surface area contributed by atoms with Gasteiger partial charge in [0.2, 0.25) is 10.0 Å². The van der Waals surface area contributed by atoms with Gasteiger partial charge in [-0.3, -0.25) is 18.5 Å². The lowest BCUT2D eigenvalue weighted by Crippen LogP contribution is -2.27. The number of aromatic amines is 1. The molecule has 0 bridgehead atoms. The summed E-state index contributed by atoms with van der Waals surface area (Å²) >= 11 is 0. The van der Waals surface area contributed by atoms with Gasteiger partial charge in [0.05, 0.1) is 17.6 Å². The van der Waals surface area contributed by atoms with Crippen LogP contribution in [-0.2, 0) is 16.4 Å². The molecule has 0 radical (unpaired) electrons. The molecule has 5 rings (SSSR count). The van der Waals surface area contributed by atoms with Crippen molar-refractivity contribution in [2.75, 3.05) is 22.4 Å². The van der Waals surface area contributed by atoms with Crippen LogP contribution >= 0.6 is 0 Å². The van der Waals surface area contributed by atoms with Crippen LogP contribution in [0.15, 0.2) is 65.5 Å². The highest BCUT2D eigenvalue weighted by Crippen LogP contribution is 2.32. The number of aromatic nitrogens is 2. The second-order valence-corrected chi connectivity index (χ2v) is 9.76. The molecule has 0 unspecified atom stereocenters. The van der Waals surface area contributed by atoms with Gasteiger partial charge in [0.15, 0.2) is 0 Å². The van der Waals surface area contributed by atoms with E-state index < -0.39 is 21.7 Å². The third-order valence-electron chi connectivity index (χ3n) is 5.60. The van der Waals surface area contributed by atoms with Crippen molar-refractivity contribution in [1.82, 2.24) is 9.55 Å². The lowest BCUT2D eigenvalue weighted by atomic mass is 10.1. The molecule has 168 valence electrons. The summed E-state index contributed by atoms with van der Waals surface area (Å²) < 4.78 is 39.9. The number of rotatable bonds is 4. The first kappa shape index (κ1) is 21.0. The van der Waals surface area contributed by atoms with Crippen molar-refractivity contribution < 1.29 is 17.6 Å². The SMILES string of the molecule is CS(=O)(=O)N1CCc2cc(NC(=O)c3cc4ccc(=O)n(-c5ccc(F)cc5)c4[nH]3)ccc21. The Labute approximate surface area is 188 Å².